The fourth-order valence-electron chi connectivity index (χ4n) is 3.87. The predicted molar refractivity (Wildman–Crippen MR) is 82.7 cm³/mol. The maximum atomic E-state index is 13.0. The van der Waals surface area contributed by atoms with Gasteiger partial charge in [0.25, 0.3) is 0 Å². The van der Waals surface area contributed by atoms with Crippen molar-refractivity contribution in [3.05, 3.63) is 0 Å². The van der Waals surface area contributed by atoms with Crippen LogP contribution in [0.2, 0.25) is 0 Å². The van der Waals surface area contributed by atoms with Crippen LogP contribution in [0.25, 0.3) is 0 Å². The van der Waals surface area contributed by atoms with E-state index in [9.17, 15) is 4.79 Å². The van der Waals surface area contributed by atoms with Crippen LogP contribution < -0.4 is 5.32 Å². The molecule has 1 saturated carbocycles. The molecule has 1 saturated heterocycles. The number of hydrogen-bond donors (Lipinski definition) is 1. The van der Waals surface area contributed by atoms with E-state index in [0.717, 1.165) is 38.9 Å². The number of piperidine rings is 1. The molecule has 116 valence electrons. The first-order valence-electron chi connectivity index (χ1n) is 8.09. The van der Waals surface area contributed by atoms with Gasteiger partial charge < -0.3 is 15.1 Å². The summed E-state index contributed by atoms with van der Waals surface area (Å²) in [4.78, 5) is 17.3. The van der Waals surface area contributed by atoms with Crippen molar-refractivity contribution < 1.29 is 4.79 Å². The van der Waals surface area contributed by atoms with E-state index >= 15 is 0 Å². The average molecular weight is 281 g/mol. The minimum Gasteiger partial charge on any atom is -0.343 e. The lowest BCUT2D eigenvalue weighted by Crippen LogP contribution is -2.59. The second kappa shape index (κ2) is 6.02. The van der Waals surface area contributed by atoms with Gasteiger partial charge in [0.1, 0.15) is 0 Å². The number of hydrogen-bond acceptors (Lipinski definition) is 3. The highest BCUT2D eigenvalue weighted by Crippen LogP contribution is 2.39. The molecule has 0 atom stereocenters. The molecule has 4 nitrogen and oxygen atoms in total. The fraction of sp³-hybridized carbons (Fsp3) is 0.938. The van der Waals surface area contributed by atoms with Gasteiger partial charge in [-0.3, -0.25) is 4.79 Å². The summed E-state index contributed by atoms with van der Waals surface area (Å²) in [7, 11) is 6.31. The molecule has 1 aliphatic heterocycles. The van der Waals surface area contributed by atoms with Gasteiger partial charge in [0, 0.05) is 19.1 Å². The zero-order chi connectivity index (χ0) is 14.8. The SMILES string of the molecule is CCC1(C(=O)N(C)CC2(N(C)C)CCC2)CCNCC1. The Morgan fingerprint density at radius 1 is 1.10 bits per heavy atom. The monoisotopic (exact) mass is 281 g/mol. The van der Waals surface area contributed by atoms with Gasteiger partial charge in [-0.1, -0.05) is 6.92 Å². The normalized spacial score (nSPS) is 24.2. The number of likely N-dealkylation sites (N-methyl/N-ethyl adjacent to an activating group) is 2. The van der Waals surface area contributed by atoms with Crippen LogP contribution in [0.15, 0.2) is 0 Å². The van der Waals surface area contributed by atoms with Gasteiger partial charge in [0.2, 0.25) is 5.91 Å². The number of carbonyl (C=O) groups is 1. The van der Waals surface area contributed by atoms with Crippen molar-refractivity contribution in [1.82, 2.24) is 15.1 Å². The van der Waals surface area contributed by atoms with Crippen molar-refractivity contribution in [3.8, 4) is 0 Å². The standard InChI is InChI=1S/C16H31N3O/c1-5-15(9-11-17-12-10-15)14(20)19(4)13-16(18(2)3)7-6-8-16/h17H,5-13H2,1-4H3. The highest BCUT2D eigenvalue weighted by Gasteiger charge is 2.44. The third kappa shape index (κ3) is 2.73. The van der Waals surface area contributed by atoms with Gasteiger partial charge in [0.05, 0.1) is 5.41 Å². The molecular weight excluding hydrogens is 250 g/mol. The number of nitrogens with one attached hydrogen (secondary N) is 1. The molecule has 2 rings (SSSR count). The maximum Gasteiger partial charge on any atom is 0.228 e. The van der Waals surface area contributed by atoms with Crippen molar-refractivity contribution in [2.45, 2.75) is 51.0 Å². The van der Waals surface area contributed by atoms with E-state index in [1.807, 2.05) is 11.9 Å². The van der Waals surface area contributed by atoms with E-state index < -0.39 is 0 Å². The molecule has 0 unspecified atom stereocenters. The third-order valence-electron chi connectivity index (χ3n) is 5.80. The summed E-state index contributed by atoms with van der Waals surface area (Å²) in [5.41, 5.74) is 0.115. The molecule has 0 bridgehead atoms. The summed E-state index contributed by atoms with van der Waals surface area (Å²) in [5, 5.41) is 3.38. The summed E-state index contributed by atoms with van der Waals surface area (Å²) in [5.74, 6) is 0.370. The molecule has 0 spiro atoms. The fourth-order valence-corrected chi connectivity index (χ4v) is 3.87. The minimum atomic E-state index is -0.114. The molecule has 4 heteroatoms. The van der Waals surface area contributed by atoms with Gasteiger partial charge >= 0.3 is 0 Å². The molecule has 20 heavy (non-hydrogen) atoms. The van der Waals surface area contributed by atoms with E-state index in [1.54, 1.807) is 0 Å². The molecule has 0 aromatic carbocycles. The Morgan fingerprint density at radius 2 is 1.70 bits per heavy atom. The quantitative estimate of drug-likeness (QED) is 0.833. The largest absolute Gasteiger partial charge is 0.343 e. The summed E-state index contributed by atoms with van der Waals surface area (Å²) >= 11 is 0. The Hall–Kier alpha value is -0.610. The lowest BCUT2D eigenvalue weighted by molar-refractivity contribution is -0.145. The molecule has 0 radical (unpaired) electrons. The molecule has 1 N–H and O–H groups in total. The van der Waals surface area contributed by atoms with Crippen molar-refractivity contribution in [3.63, 3.8) is 0 Å². The Labute approximate surface area is 123 Å². The van der Waals surface area contributed by atoms with E-state index in [2.05, 4.69) is 31.2 Å². The topological polar surface area (TPSA) is 35.6 Å². The van der Waals surface area contributed by atoms with Crippen molar-refractivity contribution >= 4 is 5.91 Å². The van der Waals surface area contributed by atoms with Gasteiger partial charge in [-0.2, -0.15) is 0 Å². The lowest BCUT2D eigenvalue weighted by atomic mass is 9.73. The van der Waals surface area contributed by atoms with Crippen LogP contribution in [0.4, 0.5) is 0 Å². The van der Waals surface area contributed by atoms with E-state index in [1.165, 1.54) is 19.3 Å². The van der Waals surface area contributed by atoms with Crippen LogP contribution in [0.3, 0.4) is 0 Å². The Morgan fingerprint density at radius 3 is 2.10 bits per heavy atom. The second-order valence-electron chi connectivity index (χ2n) is 7.02. The summed E-state index contributed by atoms with van der Waals surface area (Å²) < 4.78 is 0. The lowest BCUT2D eigenvalue weighted by Gasteiger charge is -2.50. The first kappa shape index (κ1) is 15.8. The Bertz CT molecular complexity index is 344. The van der Waals surface area contributed by atoms with Gasteiger partial charge in [0.15, 0.2) is 0 Å². The van der Waals surface area contributed by atoms with Crippen LogP contribution in [-0.2, 0) is 4.79 Å². The third-order valence-corrected chi connectivity index (χ3v) is 5.80. The van der Waals surface area contributed by atoms with Gasteiger partial charge in [-0.05, 0) is 65.7 Å². The first-order chi connectivity index (χ1) is 9.46. The number of carbonyl (C=O) groups excluding carboxylic acids is 1. The zero-order valence-corrected chi connectivity index (χ0v) is 13.7. The summed E-state index contributed by atoms with van der Waals surface area (Å²) in [6.45, 7) is 5.01. The smallest absolute Gasteiger partial charge is 0.228 e. The summed E-state index contributed by atoms with van der Waals surface area (Å²) in [6, 6.07) is 0. The molecule has 0 aromatic rings. The van der Waals surface area contributed by atoms with E-state index in [-0.39, 0.29) is 11.0 Å². The second-order valence-corrected chi connectivity index (χ2v) is 7.02. The molecule has 0 aromatic heterocycles. The molecule has 2 aliphatic rings. The van der Waals surface area contributed by atoms with Crippen LogP contribution >= 0.6 is 0 Å². The van der Waals surface area contributed by atoms with Gasteiger partial charge in [-0.25, -0.2) is 0 Å². The Kier molecular flexibility index (Phi) is 4.75. The Balaban J connectivity index is 2.04. The van der Waals surface area contributed by atoms with Crippen molar-refractivity contribution in [2.24, 2.45) is 5.41 Å². The van der Waals surface area contributed by atoms with Crippen molar-refractivity contribution in [2.75, 3.05) is 40.8 Å². The highest BCUT2D eigenvalue weighted by atomic mass is 16.2. The predicted octanol–water partition coefficient (Wildman–Crippen LogP) is 1.71. The molecule has 1 aliphatic carbocycles. The number of rotatable bonds is 5. The summed E-state index contributed by atoms with van der Waals surface area (Å²) in [6.07, 6.45) is 6.68. The van der Waals surface area contributed by atoms with Crippen LogP contribution in [0.5, 0.6) is 0 Å². The van der Waals surface area contributed by atoms with E-state index in [4.69, 9.17) is 0 Å². The minimum absolute atomic E-state index is 0.114. The molecular formula is C16H31N3O. The number of nitrogens with zero attached hydrogens (tertiary/aromatic N) is 2. The van der Waals surface area contributed by atoms with Crippen molar-refractivity contribution in [1.29, 1.82) is 0 Å². The maximum absolute atomic E-state index is 13.0. The number of amides is 1. The molecule has 1 heterocycles. The molecule has 2 fully saturated rings. The van der Waals surface area contributed by atoms with Crippen LogP contribution in [0.1, 0.15) is 45.4 Å². The van der Waals surface area contributed by atoms with Crippen LogP contribution in [0, 0.1) is 5.41 Å². The zero-order valence-electron chi connectivity index (χ0n) is 13.7. The van der Waals surface area contributed by atoms with Crippen LogP contribution in [-0.4, -0.2) is 62.0 Å². The first-order valence-corrected chi connectivity index (χ1v) is 8.09. The molecule has 1 amide bonds. The van der Waals surface area contributed by atoms with E-state index in [0.29, 0.717) is 5.91 Å². The average Bonchev–Trinajstić information content (AvgIpc) is 2.42. The van der Waals surface area contributed by atoms with Gasteiger partial charge in [-0.15, -0.1) is 0 Å². The highest BCUT2D eigenvalue weighted by molar-refractivity contribution is 5.82.